The molecule has 13 nitrogen and oxygen atoms in total. The van der Waals surface area contributed by atoms with Gasteiger partial charge >= 0.3 is 29.8 Å². The maximum absolute atomic E-state index is 15.3. The Morgan fingerprint density at radius 2 is 1.50 bits per heavy atom. The Morgan fingerprint density at radius 1 is 0.875 bits per heavy atom. The zero-order valence-electron chi connectivity index (χ0n) is 28.3. The molecular weight excluding hydrogens is 628 g/mol. The van der Waals surface area contributed by atoms with Crippen LogP contribution in [-0.4, -0.2) is 83.0 Å². The van der Waals surface area contributed by atoms with Gasteiger partial charge in [0, 0.05) is 51.9 Å². The maximum Gasteiger partial charge on any atom is 0.338 e. The molecule has 260 valence electrons. The molecule has 9 atom stereocenters. The number of Topliss-reactive ketones (excluding diaryl/α,β-unsaturated/α-hetero) is 1. The molecule has 1 saturated heterocycles. The Morgan fingerprint density at radius 3 is 2.02 bits per heavy atom. The van der Waals surface area contributed by atoms with Crippen LogP contribution in [0.4, 0.5) is 0 Å². The highest BCUT2D eigenvalue weighted by atomic mass is 16.6. The van der Waals surface area contributed by atoms with E-state index in [0.717, 1.165) is 13.8 Å². The van der Waals surface area contributed by atoms with Crippen molar-refractivity contribution in [1.29, 1.82) is 0 Å². The Balaban J connectivity index is 1.91. The number of rotatable bonds is 6. The molecule has 3 aliphatic carbocycles. The molecule has 1 N–H and O–H groups in total. The molecule has 4 aliphatic rings. The van der Waals surface area contributed by atoms with Crippen molar-refractivity contribution in [2.24, 2.45) is 22.7 Å². The van der Waals surface area contributed by atoms with Gasteiger partial charge in [0.05, 0.1) is 23.5 Å². The normalized spacial score (nSPS) is 36.5. The fourth-order valence-electron chi connectivity index (χ4n) is 8.58. The van der Waals surface area contributed by atoms with Crippen LogP contribution in [0.2, 0.25) is 0 Å². The van der Waals surface area contributed by atoms with E-state index in [9.17, 15) is 29.1 Å². The number of benzene rings is 1. The molecule has 0 spiro atoms. The van der Waals surface area contributed by atoms with Crippen LogP contribution in [0.5, 0.6) is 0 Å². The Hall–Kier alpha value is -4.10. The lowest BCUT2D eigenvalue weighted by atomic mass is 9.45. The van der Waals surface area contributed by atoms with Crippen LogP contribution >= 0.6 is 0 Å². The molecule has 5 rings (SSSR count). The summed E-state index contributed by atoms with van der Waals surface area (Å²) in [4.78, 5) is 79.8. The topological polar surface area (TPSA) is 178 Å². The Kier molecular flexibility index (Phi) is 8.88. The highest BCUT2D eigenvalue weighted by Crippen LogP contribution is 2.65. The monoisotopic (exact) mass is 670 g/mol. The number of ether oxygens (including phenoxy) is 6. The van der Waals surface area contributed by atoms with Gasteiger partial charge in [-0.25, -0.2) is 4.79 Å². The van der Waals surface area contributed by atoms with Gasteiger partial charge in [0.25, 0.3) is 0 Å². The molecule has 3 fully saturated rings. The smallest absolute Gasteiger partial charge is 0.338 e. The lowest BCUT2D eigenvalue weighted by Crippen LogP contribution is -2.81. The predicted molar refractivity (Wildman–Crippen MR) is 164 cm³/mol. The summed E-state index contributed by atoms with van der Waals surface area (Å²) in [5.41, 5.74) is -7.07. The summed E-state index contributed by atoms with van der Waals surface area (Å²) in [6, 6.07) is 7.98. The molecule has 0 amide bonds. The fraction of sp³-hybridized carbons (Fsp3) is 0.600. The second-order valence-electron chi connectivity index (χ2n) is 14.0. The first-order valence-electron chi connectivity index (χ1n) is 15.9. The molecule has 1 heterocycles. The third-order valence-corrected chi connectivity index (χ3v) is 10.8. The Labute approximate surface area is 278 Å². The van der Waals surface area contributed by atoms with Crippen LogP contribution < -0.4 is 0 Å². The summed E-state index contributed by atoms with van der Waals surface area (Å²) >= 11 is 0. The van der Waals surface area contributed by atoms with E-state index in [1.807, 2.05) is 0 Å². The van der Waals surface area contributed by atoms with Gasteiger partial charge in [0.15, 0.2) is 11.4 Å². The summed E-state index contributed by atoms with van der Waals surface area (Å²) in [5, 5.41) is 13.3. The van der Waals surface area contributed by atoms with E-state index in [1.165, 1.54) is 32.9 Å². The van der Waals surface area contributed by atoms with Crippen molar-refractivity contribution >= 4 is 35.6 Å². The van der Waals surface area contributed by atoms with Gasteiger partial charge in [-0.05, 0) is 24.6 Å². The average Bonchev–Trinajstić information content (AvgIpc) is 2.97. The minimum Gasteiger partial charge on any atom is -0.462 e. The first kappa shape index (κ1) is 35.2. The molecule has 1 unspecified atom stereocenters. The molecule has 0 aromatic heterocycles. The van der Waals surface area contributed by atoms with Crippen molar-refractivity contribution in [3.63, 3.8) is 0 Å². The van der Waals surface area contributed by atoms with E-state index < -0.39 is 99.7 Å². The van der Waals surface area contributed by atoms with E-state index in [4.69, 9.17) is 28.4 Å². The van der Waals surface area contributed by atoms with Crippen molar-refractivity contribution in [1.82, 2.24) is 0 Å². The van der Waals surface area contributed by atoms with Gasteiger partial charge in [-0.15, -0.1) is 0 Å². The number of hydrogen-bond acceptors (Lipinski definition) is 13. The maximum atomic E-state index is 15.3. The molecule has 0 radical (unpaired) electrons. The molecule has 1 aromatic rings. The van der Waals surface area contributed by atoms with Crippen LogP contribution in [-0.2, 0) is 52.4 Å². The predicted octanol–water partition coefficient (Wildman–Crippen LogP) is 3.00. The number of aliphatic hydroxyl groups is 1. The highest BCUT2D eigenvalue weighted by molar-refractivity contribution is 6.02. The van der Waals surface area contributed by atoms with Gasteiger partial charge < -0.3 is 33.5 Å². The zero-order valence-corrected chi connectivity index (χ0v) is 28.3. The van der Waals surface area contributed by atoms with Crippen LogP contribution in [0.1, 0.15) is 78.6 Å². The summed E-state index contributed by atoms with van der Waals surface area (Å²) in [5.74, 6) is -7.34. The first-order valence-corrected chi connectivity index (χ1v) is 15.9. The van der Waals surface area contributed by atoms with Crippen LogP contribution in [0.15, 0.2) is 41.7 Å². The largest absolute Gasteiger partial charge is 0.462 e. The minimum atomic E-state index is -2.19. The number of carbonyl (C=O) groups is 6. The third kappa shape index (κ3) is 5.31. The van der Waals surface area contributed by atoms with Crippen molar-refractivity contribution in [3.05, 3.63) is 47.2 Å². The van der Waals surface area contributed by atoms with E-state index in [0.29, 0.717) is 0 Å². The number of fused-ring (bicyclic) bond motifs is 5. The average molecular weight is 671 g/mol. The van der Waals surface area contributed by atoms with Gasteiger partial charge in [-0.3, -0.25) is 24.0 Å². The molecule has 2 saturated carbocycles. The summed E-state index contributed by atoms with van der Waals surface area (Å²) in [6.07, 6.45) is -5.41. The molecule has 2 bridgehead atoms. The van der Waals surface area contributed by atoms with Crippen molar-refractivity contribution in [2.75, 3.05) is 6.61 Å². The molecular formula is C35H42O13. The van der Waals surface area contributed by atoms with Gasteiger partial charge in [0.1, 0.15) is 30.0 Å². The van der Waals surface area contributed by atoms with Crippen LogP contribution in [0, 0.1) is 22.7 Å². The highest BCUT2D eigenvalue weighted by Gasteiger charge is 2.78. The van der Waals surface area contributed by atoms with Gasteiger partial charge in [-0.2, -0.15) is 0 Å². The van der Waals surface area contributed by atoms with E-state index in [1.54, 1.807) is 39.0 Å². The Bertz CT molecular complexity index is 1580. The number of hydrogen-bond donors (Lipinski definition) is 1. The van der Waals surface area contributed by atoms with Crippen molar-refractivity contribution in [3.8, 4) is 0 Å². The van der Waals surface area contributed by atoms with E-state index >= 15 is 4.79 Å². The SMILES string of the molecule is CC(=O)OC1=C2C(C)[C@@H](OC(C)=O)C[C@@](O)([C@@H](OC(=O)c3ccccc3)[C@@H]3[C@]4(OC(C)=O)CO[C@@H]4C[C@H](OC(C)=O)[C@@]3(C)C1=O)C2(C)C. The number of carbonyl (C=O) groups excluding carboxylic acids is 6. The number of allylic oxidation sites excluding steroid dienone is 1. The van der Waals surface area contributed by atoms with Gasteiger partial charge in [-0.1, -0.05) is 39.0 Å². The summed E-state index contributed by atoms with van der Waals surface area (Å²) < 4.78 is 35.5. The van der Waals surface area contributed by atoms with Gasteiger partial charge in [0.2, 0.25) is 5.78 Å². The zero-order chi connectivity index (χ0) is 35.6. The lowest BCUT2D eigenvalue weighted by molar-refractivity contribution is -0.345. The number of ketones is 1. The quantitative estimate of drug-likeness (QED) is 0.345. The van der Waals surface area contributed by atoms with E-state index in [-0.39, 0.29) is 30.6 Å². The lowest BCUT2D eigenvalue weighted by Gasteiger charge is -2.67. The first-order chi connectivity index (χ1) is 22.3. The van der Waals surface area contributed by atoms with Crippen molar-refractivity contribution in [2.45, 2.75) is 104 Å². The second-order valence-corrected chi connectivity index (χ2v) is 14.0. The summed E-state index contributed by atoms with van der Waals surface area (Å²) in [6.45, 7) is 10.8. The van der Waals surface area contributed by atoms with Crippen LogP contribution in [0.25, 0.3) is 0 Å². The fourth-order valence-corrected chi connectivity index (χ4v) is 8.58. The molecule has 48 heavy (non-hydrogen) atoms. The minimum absolute atomic E-state index is 0.110. The molecule has 1 aliphatic heterocycles. The van der Waals surface area contributed by atoms with Crippen molar-refractivity contribution < 1.29 is 62.3 Å². The third-order valence-electron chi connectivity index (χ3n) is 10.8. The standard InChI is InChI=1S/C35H42O13/c1-17-23(44-18(2)36)15-35(42)30(47-31(41)22-12-10-9-11-13-22)28-33(8,29(40)27(46-20(4)38)26(17)32(35,6)7)24(45-19(3)37)14-25-34(28,16-43-25)48-21(5)39/h9-13,17,23-25,28,30,42H,14-16H2,1-8H3/t17?,23-,24-,25+,28-,30-,33+,34-,35+/m0/s1. The summed E-state index contributed by atoms with van der Waals surface area (Å²) in [7, 11) is 0. The molecule has 1 aromatic carbocycles. The second kappa shape index (κ2) is 12.1. The van der Waals surface area contributed by atoms with E-state index in [2.05, 4.69) is 0 Å². The van der Waals surface area contributed by atoms with Crippen LogP contribution in [0.3, 0.4) is 0 Å². The molecule has 13 heteroatoms. The number of esters is 5.